The number of pyridine rings is 1. The van der Waals surface area contributed by atoms with Gasteiger partial charge < -0.3 is 24.8 Å². The molecule has 2 aromatic rings. The SMILES string of the molecule is C[C@@H](COCCC(=O)N1CCN2c3ncc(C(F)(F)F)cc3N(C)CCC2C1)Nc1cn[nH]c(=O)c1C(F)(F)F. The summed E-state index contributed by atoms with van der Waals surface area (Å²) in [6.45, 7) is 3.20. The molecule has 0 spiro atoms. The van der Waals surface area contributed by atoms with Crippen molar-refractivity contribution in [2.75, 3.05) is 61.6 Å². The molecule has 0 radical (unpaired) electrons. The smallest absolute Gasteiger partial charge is 0.379 e. The molecular weight excluding hydrogens is 548 g/mol. The van der Waals surface area contributed by atoms with E-state index in [4.69, 9.17) is 4.74 Å². The van der Waals surface area contributed by atoms with Crippen LogP contribution < -0.4 is 20.7 Å². The van der Waals surface area contributed by atoms with Crippen molar-refractivity contribution >= 4 is 23.1 Å². The van der Waals surface area contributed by atoms with Crippen LogP contribution in [0, 0.1) is 0 Å². The highest BCUT2D eigenvalue weighted by Crippen LogP contribution is 2.38. The second kappa shape index (κ2) is 11.5. The molecule has 0 aromatic carbocycles. The first-order valence-electron chi connectivity index (χ1n) is 12.6. The number of ether oxygens (including phenoxy) is 1. The lowest BCUT2D eigenvalue weighted by Crippen LogP contribution is -2.55. The van der Waals surface area contributed by atoms with Crippen LogP contribution in [0.15, 0.2) is 23.3 Å². The monoisotopic (exact) mass is 577 g/mol. The molecule has 2 aromatic heterocycles. The van der Waals surface area contributed by atoms with E-state index in [1.807, 2.05) is 4.90 Å². The normalized spacial score (nSPS) is 18.6. The summed E-state index contributed by atoms with van der Waals surface area (Å²) in [5.74, 6) is 0.288. The summed E-state index contributed by atoms with van der Waals surface area (Å²) in [6.07, 6.45) is -7.00. The van der Waals surface area contributed by atoms with Gasteiger partial charge in [-0.05, 0) is 19.4 Å². The fourth-order valence-corrected chi connectivity index (χ4v) is 4.85. The van der Waals surface area contributed by atoms with Gasteiger partial charge in [0, 0.05) is 51.5 Å². The fourth-order valence-electron chi connectivity index (χ4n) is 4.85. The quantitative estimate of drug-likeness (QED) is 0.382. The summed E-state index contributed by atoms with van der Waals surface area (Å²) >= 11 is 0. The van der Waals surface area contributed by atoms with Crippen molar-refractivity contribution < 1.29 is 35.9 Å². The number of anilines is 3. The summed E-state index contributed by atoms with van der Waals surface area (Å²) in [5, 5.41) is 7.73. The van der Waals surface area contributed by atoms with Crippen molar-refractivity contribution in [2.24, 2.45) is 0 Å². The Kier molecular flexibility index (Phi) is 8.46. The lowest BCUT2D eigenvalue weighted by Gasteiger charge is -2.41. The van der Waals surface area contributed by atoms with Crippen molar-refractivity contribution in [1.29, 1.82) is 0 Å². The van der Waals surface area contributed by atoms with Gasteiger partial charge in [0.2, 0.25) is 5.91 Å². The maximum Gasteiger partial charge on any atom is 0.423 e. The maximum atomic E-state index is 13.2. The predicted octanol–water partition coefficient (Wildman–Crippen LogP) is 2.97. The number of fused-ring (bicyclic) bond motifs is 3. The first-order chi connectivity index (χ1) is 18.8. The lowest BCUT2D eigenvalue weighted by molar-refractivity contribution is -0.138. The van der Waals surface area contributed by atoms with Crippen molar-refractivity contribution in [1.82, 2.24) is 20.1 Å². The summed E-state index contributed by atoms with van der Waals surface area (Å²) in [5.41, 5.74) is -3.63. The van der Waals surface area contributed by atoms with Crippen molar-refractivity contribution in [3.63, 3.8) is 0 Å². The highest BCUT2D eigenvalue weighted by atomic mass is 19.4. The molecule has 0 bridgehead atoms. The van der Waals surface area contributed by atoms with Gasteiger partial charge in [0.15, 0.2) is 5.82 Å². The lowest BCUT2D eigenvalue weighted by atomic mass is 10.1. The summed E-state index contributed by atoms with van der Waals surface area (Å²) < 4.78 is 84.7. The molecule has 16 heteroatoms. The molecule has 4 heterocycles. The van der Waals surface area contributed by atoms with Crippen LogP contribution >= 0.6 is 0 Å². The van der Waals surface area contributed by atoms with Gasteiger partial charge in [-0.25, -0.2) is 10.1 Å². The van der Waals surface area contributed by atoms with Crippen LogP contribution in [-0.4, -0.2) is 84.5 Å². The van der Waals surface area contributed by atoms with E-state index < -0.39 is 40.8 Å². The maximum absolute atomic E-state index is 13.2. The largest absolute Gasteiger partial charge is 0.423 e. The van der Waals surface area contributed by atoms with Gasteiger partial charge in [0.05, 0.1) is 42.8 Å². The van der Waals surface area contributed by atoms with Gasteiger partial charge in [-0.15, -0.1) is 0 Å². The number of aromatic amines is 1. The molecule has 10 nitrogen and oxygen atoms in total. The van der Waals surface area contributed by atoms with Crippen molar-refractivity contribution in [2.45, 2.75) is 44.2 Å². The summed E-state index contributed by atoms with van der Waals surface area (Å²) in [6, 6.07) is 0.365. The predicted molar refractivity (Wildman–Crippen MR) is 133 cm³/mol. The molecule has 4 rings (SSSR count). The number of carbonyl (C=O) groups is 1. The Bertz CT molecular complexity index is 1270. The standard InChI is InChI=1S/C24H29F6N7O3/c1-14(33-17-11-32-34-22(39)20(17)24(28,29)30)13-40-8-4-19(38)36-6-7-37-16(12-36)3-5-35(2)18-9-15(23(25,26)27)10-31-21(18)37/h9-11,14,16H,3-8,12-13H2,1-2H3,(H2,33,34,39)/t14-,16?/m0/s1. The van der Waals surface area contributed by atoms with Gasteiger partial charge in [-0.1, -0.05) is 0 Å². The van der Waals surface area contributed by atoms with E-state index in [-0.39, 0.29) is 31.6 Å². The molecule has 2 aliphatic heterocycles. The molecule has 2 N–H and O–H groups in total. The van der Waals surface area contributed by atoms with Crippen LogP contribution in [-0.2, 0) is 21.9 Å². The first-order valence-corrected chi connectivity index (χ1v) is 12.6. The van der Waals surface area contributed by atoms with E-state index in [1.54, 1.807) is 28.9 Å². The van der Waals surface area contributed by atoms with E-state index >= 15 is 0 Å². The minimum absolute atomic E-state index is 0.0253. The van der Waals surface area contributed by atoms with Gasteiger partial charge in [0.25, 0.3) is 5.56 Å². The molecule has 1 fully saturated rings. The van der Waals surface area contributed by atoms with E-state index in [0.717, 1.165) is 18.5 Å². The van der Waals surface area contributed by atoms with Crippen LogP contribution in [0.4, 0.5) is 43.5 Å². The number of H-pyrrole nitrogens is 1. The van der Waals surface area contributed by atoms with E-state index in [0.29, 0.717) is 44.1 Å². The molecule has 2 atom stereocenters. The Morgan fingerprint density at radius 1 is 1.18 bits per heavy atom. The number of nitrogens with one attached hydrogen (secondary N) is 2. The third-order valence-corrected chi connectivity index (χ3v) is 6.86. The van der Waals surface area contributed by atoms with E-state index in [2.05, 4.69) is 15.4 Å². The third kappa shape index (κ3) is 6.59. The van der Waals surface area contributed by atoms with E-state index in [1.165, 1.54) is 0 Å². The van der Waals surface area contributed by atoms with Gasteiger partial charge >= 0.3 is 12.4 Å². The summed E-state index contributed by atoms with van der Waals surface area (Å²) in [4.78, 5) is 33.9. The second-order valence-electron chi connectivity index (χ2n) is 9.82. The molecule has 220 valence electrons. The van der Waals surface area contributed by atoms with Crippen LogP contribution in [0.25, 0.3) is 0 Å². The number of carbonyl (C=O) groups excluding carboxylic acids is 1. The molecule has 2 aliphatic rings. The van der Waals surface area contributed by atoms with Crippen LogP contribution in [0.5, 0.6) is 0 Å². The molecule has 1 saturated heterocycles. The Labute approximate surface area is 225 Å². The van der Waals surface area contributed by atoms with Crippen LogP contribution in [0.1, 0.15) is 30.9 Å². The van der Waals surface area contributed by atoms with E-state index in [9.17, 15) is 35.9 Å². The van der Waals surface area contributed by atoms with Crippen molar-refractivity contribution in [3.05, 3.63) is 39.9 Å². The minimum Gasteiger partial charge on any atom is -0.379 e. The summed E-state index contributed by atoms with van der Waals surface area (Å²) in [7, 11) is 1.71. The average Bonchev–Trinajstić information content (AvgIpc) is 3.01. The molecule has 1 unspecified atom stereocenters. The Balaban J connectivity index is 1.28. The van der Waals surface area contributed by atoms with Crippen LogP contribution in [0.2, 0.25) is 0 Å². The van der Waals surface area contributed by atoms with Gasteiger partial charge in [-0.2, -0.15) is 31.4 Å². The van der Waals surface area contributed by atoms with Gasteiger partial charge in [-0.3, -0.25) is 9.59 Å². The Hall–Kier alpha value is -3.56. The fraction of sp³-hybridized carbons (Fsp3) is 0.583. The minimum atomic E-state index is -4.87. The van der Waals surface area contributed by atoms with Crippen molar-refractivity contribution in [3.8, 4) is 0 Å². The highest BCUT2D eigenvalue weighted by molar-refractivity contribution is 5.77. The second-order valence-corrected chi connectivity index (χ2v) is 9.82. The highest BCUT2D eigenvalue weighted by Gasteiger charge is 2.38. The number of aromatic nitrogens is 3. The molecule has 40 heavy (non-hydrogen) atoms. The first kappa shape index (κ1) is 29.4. The molecule has 0 aliphatic carbocycles. The number of alkyl halides is 6. The average molecular weight is 578 g/mol. The number of nitrogens with zero attached hydrogens (tertiary/aromatic N) is 5. The topological polar surface area (TPSA) is 107 Å². The number of halogens is 6. The number of piperazine rings is 1. The zero-order chi connectivity index (χ0) is 29.2. The van der Waals surface area contributed by atoms with Crippen LogP contribution in [0.3, 0.4) is 0 Å². The molecular formula is C24H29F6N7O3. The Morgan fingerprint density at radius 3 is 2.62 bits per heavy atom. The molecule has 0 saturated carbocycles. The molecule has 1 amide bonds. The number of hydrogen-bond donors (Lipinski definition) is 2. The zero-order valence-corrected chi connectivity index (χ0v) is 21.8. The number of amides is 1. The Morgan fingerprint density at radius 2 is 1.93 bits per heavy atom. The third-order valence-electron chi connectivity index (χ3n) is 6.86. The van der Waals surface area contributed by atoms with Gasteiger partial charge in [0.1, 0.15) is 5.56 Å². The number of hydrogen-bond acceptors (Lipinski definition) is 8. The zero-order valence-electron chi connectivity index (χ0n) is 21.8. The number of rotatable bonds is 7.